The van der Waals surface area contributed by atoms with Gasteiger partial charge in [-0.25, -0.2) is 8.42 Å². The van der Waals surface area contributed by atoms with Crippen molar-refractivity contribution in [3.05, 3.63) is 18.2 Å². The van der Waals surface area contributed by atoms with E-state index in [9.17, 15) is 18.0 Å². The van der Waals surface area contributed by atoms with Crippen LogP contribution in [0.4, 0.5) is 5.69 Å². The van der Waals surface area contributed by atoms with Crippen molar-refractivity contribution < 1.29 is 22.7 Å². The quantitative estimate of drug-likeness (QED) is 0.769. The highest BCUT2D eigenvalue weighted by molar-refractivity contribution is 7.89. The summed E-state index contributed by atoms with van der Waals surface area (Å²) in [4.78, 5) is 24.3. The minimum Gasteiger partial charge on any atom is -0.478 e. The molecule has 0 radical (unpaired) electrons. The highest BCUT2D eigenvalue weighted by atomic mass is 32.2. The van der Waals surface area contributed by atoms with Gasteiger partial charge >= 0.3 is 0 Å². The van der Waals surface area contributed by atoms with E-state index in [0.717, 1.165) is 12.8 Å². The zero-order chi connectivity index (χ0) is 19.9. The summed E-state index contributed by atoms with van der Waals surface area (Å²) in [7, 11) is -3.70. The monoisotopic (exact) mass is 407 g/mol. The molecular weight excluding hydrogens is 382 g/mol. The van der Waals surface area contributed by atoms with E-state index < -0.39 is 16.1 Å². The number of carbonyl (C=O) groups excluding carboxylic acids is 2. The Hall–Kier alpha value is -2.13. The minimum absolute atomic E-state index is 0.0404. The van der Waals surface area contributed by atoms with Crippen molar-refractivity contribution in [3.8, 4) is 5.75 Å². The molecule has 152 valence electrons. The third-order valence-electron chi connectivity index (χ3n) is 5.53. The molecule has 2 aliphatic heterocycles. The molecular formula is C19H25N3O5S. The molecule has 1 saturated heterocycles. The highest BCUT2D eigenvalue weighted by Crippen LogP contribution is 2.34. The number of sulfonamides is 1. The van der Waals surface area contributed by atoms with Gasteiger partial charge in [0.05, 0.1) is 10.6 Å². The second-order valence-corrected chi connectivity index (χ2v) is 9.56. The summed E-state index contributed by atoms with van der Waals surface area (Å²) in [5.41, 5.74) is 0.370. The molecule has 9 heteroatoms. The second-order valence-electron chi connectivity index (χ2n) is 7.62. The smallest absolute Gasteiger partial charge is 0.265 e. The second kappa shape index (κ2) is 7.36. The van der Waals surface area contributed by atoms with E-state index in [1.165, 1.54) is 16.4 Å². The Kier molecular flexibility index (Phi) is 5.05. The first kappa shape index (κ1) is 19.2. The number of carbonyl (C=O) groups is 2. The summed E-state index contributed by atoms with van der Waals surface area (Å²) < 4.78 is 33.1. The Bertz CT molecular complexity index is 889. The topological polar surface area (TPSA) is 105 Å². The molecule has 1 aromatic rings. The number of ether oxygens (including phenoxy) is 1. The Morgan fingerprint density at radius 2 is 1.96 bits per heavy atom. The average molecular weight is 407 g/mol. The predicted octanol–water partition coefficient (Wildman–Crippen LogP) is 1.48. The Morgan fingerprint density at radius 1 is 1.25 bits per heavy atom. The summed E-state index contributed by atoms with van der Waals surface area (Å²) >= 11 is 0. The fraction of sp³-hybridized carbons (Fsp3) is 0.579. The van der Waals surface area contributed by atoms with Gasteiger partial charge in [-0.2, -0.15) is 4.31 Å². The Labute approximate surface area is 164 Å². The maximum Gasteiger partial charge on any atom is 0.265 e. The maximum atomic E-state index is 13.0. The molecule has 0 spiro atoms. The van der Waals surface area contributed by atoms with E-state index in [2.05, 4.69) is 10.6 Å². The van der Waals surface area contributed by atoms with Gasteiger partial charge in [0.25, 0.3) is 5.91 Å². The van der Waals surface area contributed by atoms with Gasteiger partial charge in [-0.1, -0.05) is 6.92 Å². The van der Waals surface area contributed by atoms with Crippen LogP contribution < -0.4 is 15.4 Å². The SMILES string of the molecule is CCC1Oc2ccc(S(=O)(=O)N3CCC(C(=O)NC4CC4)CC3)cc2NC1=O. The number of piperidine rings is 1. The normalized spacial score (nSPS) is 23.5. The van der Waals surface area contributed by atoms with Crippen LogP contribution in [0.15, 0.2) is 23.1 Å². The lowest BCUT2D eigenvalue weighted by Crippen LogP contribution is -2.43. The molecule has 2 fully saturated rings. The van der Waals surface area contributed by atoms with Gasteiger partial charge in [0.15, 0.2) is 6.10 Å². The summed E-state index contributed by atoms with van der Waals surface area (Å²) in [6, 6.07) is 4.85. The summed E-state index contributed by atoms with van der Waals surface area (Å²) in [5.74, 6) is 0.112. The number of fused-ring (bicyclic) bond motifs is 1. The molecule has 1 aromatic carbocycles. The maximum absolute atomic E-state index is 13.0. The zero-order valence-electron chi connectivity index (χ0n) is 15.8. The number of amides is 2. The fourth-order valence-electron chi connectivity index (χ4n) is 3.61. The Morgan fingerprint density at radius 3 is 2.61 bits per heavy atom. The summed E-state index contributed by atoms with van der Waals surface area (Å²) in [6.45, 7) is 2.47. The van der Waals surface area contributed by atoms with E-state index in [1.807, 2.05) is 6.92 Å². The van der Waals surface area contributed by atoms with Gasteiger partial charge in [-0.05, 0) is 50.3 Å². The van der Waals surface area contributed by atoms with Crippen LogP contribution in [0.25, 0.3) is 0 Å². The zero-order valence-corrected chi connectivity index (χ0v) is 16.6. The molecule has 8 nitrogen and oxygen atoms in total. The van der Waals surface area contributed by atoms with Crippen LogP contribution in [-0.2, 0) is 19.6 Å². The van der Waals surface area contributed by atoms with Gasteiger partial charge in [0.2, 0.25) is 15.9 Å². The average Bonchev–Trinajstić information content (AvgIpc) is 3.51. The van der Waals surface area contributed by atoms with Crippen molar-refractivity contribution in [2.45, 2.75) is 56.1 Å². The van der Waals surface area contributed by atoms with Crippen LogP contribution in [0.3, 0.4) is 0 Å². The Balaban J connectivity index is 1.45. The third-order valence-corrected chi connectivity index (χ3v) is 7.42. The molecule has 2 amide bonds. The summed E-state index contributed by atoms with van der Waals surface area (Å²) in [6.07, 6.45) is 3.08. The van der Waals surface area contributed by atoms with E-state index in [-0.39, 0.29) is 22.6 Å². The van der Waals surface area contributed by atoms with E-state index >= 15 is 0 Å². The van der Waals surface area contributed by atoms with Crippen molar-refractivity contribution in [1.82, 2.24) is 9.62 Å². The largest absolute Gasteiger partial charge is 0.478 e. The molecule has 1 unspecified atom stereocenters. The predicted molar refractivity (Wildman–Crippen MR) is 102 cm³/mol. The first-order chi connectivity index (χ1) is 13.4. The number of anilines is 1. The standard InChI is InChI=1S/C19H25N3O5S/c1-2-16-19(24)21-15-11-14(5-6-17(15)27-16)28(25,26)22-9-7-12(8-10-22)18(23)20-13-3-4-13/h5-6,11-13,16H,2-4,7-10H2,1H3,(H,20,23)(H,21,24). The molecule has 1 aliphatic carbocycles. The molecule has 28 heavy (non-hydrogen) atoms. The lowest BCUT2D eigenvalue weighted by molar-refractivity contribution is -0.126. The van der Waals surface area contributed by atoms with Gasteiger partial charge < -0.3 is 15.4 Å². The fourth-order valence-corrected chi connectivity index (χ4v) is 5.11. The molecule has 3 aliphatic rings. The number of hydrogen-bond donors (Lipinski definition) is 2. The van der Waals surface area contributed by atoms with Gasteiger partial charge in [0.1, 0.15) is 5.75 Å². The number of nitrogens with zero attached hydrogens (tertiary/aromatic N) is 1. The number of nitrogens with one attached hydrogen (secondary N) is 2. The van der Waals surface area contributed by atoms with Gasteiger partial charge in [-0.15, -0.1) is 0 Å². The first-order valence-electron chi connectivity index (χ1n) is 9.80. The first-order valence-corrected chi connectivity index (χ1v) is 11.2. The van der Waals surface area contributed by atoms with E-state index in [1.54, 1.807) is 6.07 Å². The lowest BCUT2D eigenvalue weighted by Gasteiger charge is -2.31. The minimum atomic E-state index is -3.70. The molecule has 2 heterocycles. The molecule has 4 rings (SSSR count). The number of rotatable bonds is 5. The third kappa shape index (κ3) is 3.73. The number of hydrogen-bond acceptors (Lipinski definition) is 5. The van der Waals surface area contributed by atoms with Crippen LogP contribution >= 0.6 is 0 Å². The van der Waals surface area contributed by atoms with Crippen molar-refractivity contribution in [2.24, 2.45) is 5.92 Å². The van der Waals surface area contributed by atoms with Crippen LogP contribution in [0.5, 0.6) is 5.75 Å². The lowest BCUT2D eigenvalue weighted by atomic mass is 9.97. The number of benzene rings is 1. The molecule has 1 saturated carbocycles. The highest BCUT2D eigenvalue weighted by Gasteiger charge is 2.35. The molecule has 0 aromatic heterocycles. The summed E-state index contributed by atoms with van der Waals surface area (Å²) in [5, 5.41) is 5.72. The van der Waals surface area contributed by atoms with Crippen molar-refractivity contribution in [2.75, 3.05) is 18.4 Å². The van der Waals surface area contributed by atoms with Crippen LogP contribution in [-0.4, -0.2) is 49.8 Å². The van der Waals surface area contributed by atoms with Crippen molar-refractivity contribution in [3.63, 3.8) is 0 Å². The van der Waals surface area contributed by atoms with Crippen LogP contribution in [0.2, 0.25) is 0 Å². The van der Waals surface area contributed by atoms with Crippen molar-refractivity contribution in [1.29, 1.82) is 0 Å². The van der Waals surface area contributed by atoms with E-state index in [4.69, 9.17) is 4.74 Å². The van der Waals surface area contributed by atoms with Crippen molar-refractivity contribution >= 4 is 27.5 Å². The van der Waals surface area contributed by atoms with Crippen LogP contribution in [0.1, 0.15) is 39.0 Å². The van der Waals surface area contributed by atoms with E-state index in [0.29, 0.717) is 49.8 Å². The molecule has 0 bridgehead atoms. The molecule has 2 N–H and O–H groups in total. The van der Waals surface area contributed by atoms with Gasteiger partial charge in [0, 0.05) is 25.0 Å². The van der Waals surface area contributed by atoms with Gasteiger partial charge in [-0.3, -0.25) is 9.59 Å². The molecule has 1 atom stereocenters. The van der Waals surface area contributed by atoms with Crippen LogP contribution in [0, 0.1) is 5.92 Å².